The molecule has 4 fully saturated rings. The lowest BCUT2D eigenvalue weighted by Gasteiger charge is -2.46. The average molecular weight is 264 g/mol. The van der Waals surface area contributed by atoms with Crippen LogP contribution in [-0.2, 0) is 4.74 Å². The second-order valence-electron chi connectivity index (χ2n) is 7.33. The molecule has 19 heavy (non-hydrogen) atoms. The van der Waals surface area contributed by atoms with Crippen LogP contribution >= 0.6 is 0 Å². The van der Waals surface area contributed by atoms with Crippen molar-refractivity contribution >= 4 is 0 Å². The summed E-state index contributed by atoms with van der Waals surface area (Å²) >= 11 is 0. The molecule has 0 radical (unpaired) electrons. The monoisotopic (exact) mass is 264 g/mol. The van der Waals surface area contributed by atoms with Crippen LogP contribution < -0.4 is 5.73 Å². The van der Waals surface area contributed by atoms with Crippen molar-refractivity contribution in [2.45, 2.75) is 63.1 Å². The third-order valence-corrected chi connectivity index (χ3v) is 6.45. The van der Waals surface area contributed by atoms with Crippen LogP contribution in [0, 0.1) is 17.8 Å². The van der Waals surface area contributed by atoms with Gasteiger partial charge in [0.05, 0.1) is 12.7 Å². The van der Waals surface area contributed by atoms with Gasteiger partial charge in [0.25, 0.3) is 0 Å². The Morgan fingerprint density at radius 3 is 2.74 bits per heavy atom. The number of ether oxygens (including phenoxy) is 1. The first-order valence-corrected chi connectivity index (χ1v) is 8.44. The Kier molecular flexibility index (Phi) is 3.33. The van der Waals surface area contributed by atoms with Crippen LogP contribution in [0.15, 0.2) is 0 Å². The lowest BCUT2D eigenvalue weighted by atomic mass is 9.83. The molecule has 4 rings (SSSR count). The van der Waals surface area contributed by atoms with Crippen LogP contribution in [0.4, 0.5) is 0 Å². The smallest absolute Gasteiger partial charge is 0.0730 e. The molecule has 0 aromatic heterocycles. The van der Waals surface area contributed by atoms with Gasteiger partial charge in [0, 0.05) is 25.2 Å². The highest BCUT2D eigenvalue weighted by atomic mass is 16.5. The van der Waals surface area contributed by atoms with Gasteiger partial charge in [0.15, 0.2) is 0 Å². The minimum absolute atomic E-state index is 0.489. The normalized spacial score (nSPS) is 50.4. The Labute approximate surface area is 116 Å². The first kappa shape index (κ1) is 12.6. The molecular weight excluding hydrogens is 236 g/mol. The predicted molar refractivity (Wildman–Crippen MR) is 75.9 cm³/mol. The van der Waals surface area contributed by atoms with Crippen LogP contribution in [0.3, 0.4) is 0 Å². The number of fused-ring (bicyclic) bond motifs is 3. The van der Waals surface area contributed by atoms with Crippen molar-refractivity contribution in [3.63, 3.8) is 0 Å². The van der Waals surface area contributed by atoms with Crippen molar-refractivity contribution in [2.75, 3.05) is 19.7 Å². The molecule has 0 spiro atoms. The van der Waals surface area contributed by atoms with Crippen LogP contribution in [0.5, 0.6) is 0 Å². The van der Waals surface area contributed by atoms with E-state index in [1.54, 1.807) is 0 Å². The van der Waals surface area contributed by atoms with E-state index in [4.69, 9.17) is 10.5 Å². The highest BCUT2D eigenvalue weighted by molar-refractivity contribution is 5.01. The van der Waals surface area contributed by atoms with E-state index in [1.165, 1.54) is 51.5 Å². The van der Waals surface area contributed by atoms with E-state index in [-0.39, 0.29) is 0 Å². The number of hydrogen-bond donors (Lipinski definition) is 1. The van der Waals surface area contributed by atoms with E-state index in [0.717, 1.165) is 30.9 Å². The fourth-order valence-corrected chi connectivity index (χ4v) is 5.40. The molecule has 3 saturated carbocycles. The van der Waals surface area contributed by atoms with E-state index in [0.29, 0.717) is 18.2 Å². The van der Waals surface area contributed by atoms with E-state index >= 15 is 0 Å². The number of nitrogens with two attached hydrogens (primary N) is 1. The fraction of sp³-hybridized carbons (Fsp3) is 1.00. The maximum atomic E-state index is 6.49. The topological polar surface area (TPSA) is 38.5 Å². The quantitative estimate of drug-likeness (QED) is 0.829. The van der Waals surface area contributed by atoms with Crippen molar-refractivity contribution < 1.29 is 4.74 Å². The van der Waals surface area contributed by atoms with Gasteiger partial charge < -0.3 is 10.5 Å². The molecule has 3 nitrogen and oxygen atoms in total. The summed E-state index contributed by atoms with van der Waals surface area (Å²) < 4.78 is 5.99. The molecule has 2 bridgehead atoms. The van der Waals surface area contributed by atoms with Gasteiger partial charge in [-0.15, -0.1) is 0 Å². The SMILES string of the molecule is NC1C2CCC(C2)C1CN1CCOC2CCCCC21. The standard InChI is InChI=1S/C16H28N2O/c17-16-12-6-5-11(9-12)13(16)10-18-7-8-19-15-4-2-1-3-14(15)18/h11-16H,1-10,17H2. The molecule has 1 aliphatic heterocycles. The van der Waals surface area contributed by atoms with Crippen molar-refractivity contribution in [2.24, 2.45) is 23.5 Å². The molecule has 4 aliphatic rings. The molecular formula is C16H28N2O. The van der Waals surface area contributed by atoms with Gasteiger partial charge in [-0.3, -0.25) is 4.90 Å². The summed E-state index contributed by atoms with van der Waals surface area (Å²) in [5.41, 5.74) is 6.49. The van der Waals surface area contributed by atoms with Crippen molar-refractivity contribution in [3.05, 3.63) is 0 Å². The van der Waals surface area contributed by atoms with E-state index in [9.17, 15) is 0 Å². The van der Waals surface area contributed by atoms with Gasteiger partial charge >= 0.3 is 0 Å². The summed E-state index contributed by atoms with van der Waals surface area (Å²) in [6.07, 6.45) is 10.2. The first-order chi connectivity index (χ1) is 9.33. The van der Waals surface area contributed by atoms with E-state index < -0.39 is 0 Å². The molecule has 6 unspecified atom stereocenters. The van der Waals surface area contributed by atoms with Crippen molar-refractivity contribution in [1.82, 2.24) is 4.90 Å². The van der Waals surface area contributed by atoms with Crippen LogP contribution in [0.1, 0.15) is 44.9 Å². The Balaban J connectivity index is 1.44. The fourth-order valence-electron chi connectivity index (χ4n) is 5.40. The largest absolute Gasteiger partial charge is 0.375 e. The van der Waals surface area contributed by atoms with Crippen LogP contribution in [-0.4, -0.2) is 42.8 Å². The van der Waals surface area contributed by atoms with Gasteiger partial charge in [0.1, 0.15) is 0 Å². The Bertz CT molecular complexity index is 331. The highest BCUT2D eigenvalue weighted by Crippen LogP contribution is 2.48. The molecule has 0 aromatic rings. The van der Waals surface area contributed by atoms with Gasteiger partial charge in [-0.1, -0.05) is 12.8 Å². The first-order valence-electron chi connectivity index (χ1n) is 8.44. The second-order valence-corrected chi connectivity index (χ2v) is 7.33. The molecule has 1 heterocycles. The zero-order valence-electron chi connectivity index (χ0n) is 12.0. The Morgan fingerprint density at radius 2 is 1.89 bits per heavy atom. The van der Waals surface area contributed by atoms with Crippen LogP contribution in [0.25, 0.3) is 0 Å². The highest BCUT2D eigenvalue weighted by Gasteiger charge is 2.47. The van der Waals surface area contributed by atoms with E-state index in [1.807, 2.05) is 0 Å². The molecule has 2 N–H and O–H groups in total. The lowest BCUT2D eigenvalue weighted by Crippen LogP contribution is -2.55. The summed E-state index contributed by atoms with van der Waals surface area (Å²) in [6, 6.07) is 1.19. The molecule has 6 atom stereocenters. The van der Waals surface area contributed by atoms with Crippen molar-refractivity contribution in [1.29, 1.82) is 0 Å². The minimum atomic E-state index is 0.489. The molecule has 3 aliphatic carbocycles. The van der Waals surface area contributed by atoms with Crippen molar-refractivity contribution in [3.8, 4) is 0 Å². The summed E-state index contributed by atoms with van der Waals surface area (Å²) in [6.45, 7) is 3.34. The predicted octanol–water partition coefficient (Wildman–Crippen LogP) is 2.00. The molecule has 0 aromatic carbocycles. The Morgan fingerprint density at radius 1 is 1.05 bits per heavy atom. The van der Waals surface area contributed by atoms with Crippen LogP contribution in [0.2, 0.25) is 0 Å². The molecule has 1 saturated heterocycles. The van der Waals surface area contributed by atoms with Gasteiger partial charge in [-0.05, 0) is 49.9 Å². The molecule has 3 heteroatoms. The maximum absolute atomic E-state index is 6.49. The summed E-state index contributed by atoms with van der Waals surface area (Å²) in [5.74, 6) is 2.56. The summed E-state index contributed by atoms with van der Waals surface area (Å²) in [4.78, 5) is 2.75. The van der Waals surface area contributed by atoms with Gasteiger partial charge in [-0.2, -0.15) is 0 Å². The number of nitrogens with zero attached hydrogens (tertiary/aromatic N) is 1. The van der Waals surface area contributed by atoms with Gasteiger partial charge in [0.2, 0.25) is 0 Å². The van der Waals surface area contributed by atoms with E-state index in [2.05, 4.69) is 4.90 Å². The molecule has 0 amide bonds. The second kappa shape index (κ2) is 5.01. The summed E-state index contributed by atoms with van der Waals surface area (Å²) in [7, 11) is 0. The maximum Gasteiger partial charge on any atom is 0.0730 e. The zero-order valence-corrected chi connectivity index (χ0v) is 12.0. The number of morpholine rings is 1. The molecule has 108 valence electrons. The number of hydrogen-bond acceptors (Lipinski definition) is 3. The Hall–Kier alpha value is -0.120. The minimum Gasteiger partial charge on any atom is -0.375 e. The third kappa shape index (κ3) is 2.14. The lowest BCUT2D eigenvalue weighted by molar-refractivity contribution is -0.0944. The summed E-state index contributed by atoms with van der Waals surface area (Å²) in [5, 5.41) is 0. The third-order valence-electron chi connectivity index (χ3n) is 6.45. The van der Waals surface area contributed by atoms with Gasteiger partial charge in [-0.25, -0.2) is 0 Å². The average Bonchev–Trinajstić information content (AvgIpc) is 3.03. The zero-order chi connectivity index (χ0) is 12.8. The number of rotatable bonds is 2.